The number of carbonyl (C=O) groups is 1. The smallest absolute Gasteiger partial charge is 0.274 e. The Bertz CT molecular complexity index is 940. The monoisotopic (exact) mass is 363 g/mol. The van der Waals surface area contributed by atoms with Crippen LogP contribution in [-0.4, -0.2) is 43.4 Å². The molecule has 1 aromatic carbocycles. The van der Waals surface area contributed by atoms with E-state index in [2.05, 4.69) is 39.6 Å². The zero-order valence-electron chi connectivity index (χ0n) is 15.9. The van der Waals surface area contributed by atoms with E-state index in [4.69, 9.17) is 0 Å². The van der Waals surface area contributed by atoms with Gasteiger partial charge in [0.2, 0.25) is 0 Å². The van der Waals surface area contributed by atoms with Crippen LogP contribution in [0.1, 0.15) is 48.9 Å². The molecule has 0 unspecified atom stereocenters. The molecule has 0 radical (unpaired) electrons. The average Bonchev–Trinajstić information content (AvgIpc) is 3.16. The zero-order valence-corrected chi connectivity index (χ0v) is 15.9. The molecule has 4 rings (SSSR count). The van der Waals surface area contributed by atoms with Gasteiger partial charge >= 0.3 is 0 Å². The van der Waals surface area contributed by atoms with E-state index in [9.17, 15) is 4.79 Å². The number of likely N-dealkylation sites (tertiary alicyclic amines) is 1. The molecule has 0 bridgehead atoms. The summed E-state index contributed by atoms with van der Waals surface area (Å²) >= 11 is 0. The summed E-state index contributed by atoms with van der Waals surface area (Å²) in [6.45, 7) is 6.86. The molecule has 0 aliphatic carbocycles. The van der Waals surface area contributed by atoms with Gasteiger partial charge in [0, 0.05) is 37.9 Å². The molecular weight excluding hydrogens is 338 g/mol. The Morgan fingerprint density at radius 1 is 1.15 bits per heavy atom. The third-order valence-electron chi connectivity index (χ3n) is 5.29. The van der Waals surface area contributed by atoms with E-state index in [0.717, 1.165) is 49.3 Å². The fourth-order valence-corrected chi connectivity index (χ4v) is 3.79. The molecule has 27 heavy (non-hydrogen) atoms. The van der Waals surface area contributed by atoms with E-state index in [-0.39, 0.29) is 5.91 Å². The SMILES string of the molecule is CC(C)c1nccn1CC1CCN(C(=O)c2cnc3ccccc3n2)CC1. The maximum atomic E-state index is 12.8. The Morgan fingerprint density at radius 2 is 1.89 bits per heavy atom. The number of aromatic nitrogens is 4. The van der Waals surface area contributed by atoms with Crippen molar-refractivity contribution in [3.8, 4) is 0 Å². The van der Waals surface area contributed by atoms with Crippen LogP contribution < -0.4 is 0 Å². The van der Waals surface area contributed by atoms with Gasteiger partial charge in [0.15, 0.2) is 0 Å². The molecule has 0 N–H and O–H groups in total. The molecule has 6 heteroatoms. The maximum Gasteiger partial charge on any atom is 0.274 e. The predicted octanol–water partition coefficient (Wildman–Crippen LogP) is 3.50. The zero-order chi connectivity index (χ0) is 18.8. The van der Waals surface area contributed by atoms with E-state index in [1.807, 2.05) is 35.4 Å². The van der Waals surface area contributed by atoms with Gasteiger partial charge in [0.25, 0.3) is 5.91 Å². The third-order valence-corrected chi connectivity index (χ3v) is 5.29. The molecule has 6 nitrogen and oxygen atoms in total. The fraction of sp³-hybridized carbons (Fsp3) is 0.429. The number of benzene rings is 1. The topological polar surface area (TPSA) is 63.9 Å². The highest BCUT2D eigenvalue weighted by Crippen LogP contribution is 2.23. The summed E-state index contributed by atoms with van der Waals surface area (Å²) in [6, 6.07) is 7.64. The number of rotatable bonds is 4. The molecule has 1 amide bonds. The van der Waals surface area contributed by atoms with Crippen LogP contribution in [0.3, 0.4) is 0 Å². The molecule has 1 aliphatic heterocycles. The van der Waals surface area contributed by atoms with Crippen molar-refractivity contribution in [2.75, 3.05) is 13.1 Å². The molecule has 0 spiro atoms. The quantitative estimate of drug-likeness (QED) is 0.712. The Kier molecular flexibility index (Phi) is 4.88. The third kappa shape index (κ3) is 3.70. The minimum absolute atomic E-state index is 0.0165. The fourth-order valence-electron chi connectivity index (χ4n) is 3.79. The number of amides is 1. The summed E-state index contributed by atoms with van der Waals surface area (Å²) in [4.78, 5) is 28.1. The number of carbonyl (C=O) groups excluding carboxylic acids is 1. The van der Waals surface area contributed by atoms with Gasteiger partial charge in [-0.05, 0) is 30.9 Å². The van der Waals surface area contributed by atoms with Crippen molar-refractivity contribution in [3.05, 3.63) is 54.4 Å². The summed E-state index contributed by atoms with van der Waals surface area (Å²) in [5.41, 5.74) is 2.01. The minimum Gasteiger partial charge on any atom is -0.337 e. The second-order valence-corrected chi connectivity index (χ2v) is 7.57. The first-order valence-electron chi connectivity index (χ1n) is 9.64. The number of para-hydroxylation sites is 2. The summed E-state index contributed by atoms with van der Waals surface area (Å²) in [7, 11) is 0. The van der Waals surface area contributed by atoms with Crippen LogP contribution in [0.15, 0.2) is 42.9 Å². The van der Waals surface area contributed by atoms with Crippen molar-refractivity contribution in [2.24, 2.45) is 5.92 Å². The normalized spacial score (nSPS) is 15.6. The Hall–Kier alpha value is -2.76. The molecule has 2 aromatic heterocycles. The lowest BCUT2D eigenvalue weighted by Crippen LogP contribution is -2.39. The van der Waals surface area contributed by atoms with Crippen LogP contribution in [0.4, 0.5) is 0 Å². The molecule has 3 heterocycles. The van der Waals surface area contributed by atoms with Gasteiger partial charge in [-0.1, -0.05) is 26.0 Å². The first-order valence-corrected chi connectivity index (χ1v) is 9.64. The van der Waals surface area contributed by atoms with Crippen molar-refractivity contribution >= 4 is 16.9 Å². The van der Waals surface area contributed by atoms with Gasteiger partial charge in [-0.2, -0.15) is 0 Å². The standard InChI is InChI=1S/C21H25N5O/c1-15(2)20-22-9-12-26(20)14-16-7-10-25(11-8-16)21(27)19-13-23-17-5-3-4-6-18(17)24-19/h3-6,9,12-13,15-16H,7-8,10-11,14H2,1-2H3. The van der Waals surface area contributed by atoms with Gasteiger partial charge < -0.3 is 9.47 Å². The van der Waals surface area contributed by atoms with Crippen molar-refractivity contribution in [1.82, 2.24) is 24.4 Å². The van der Waals surface area contributed by atoms with Crippen LogP contribution in [-0.2, 0) is 6.54 Å². The number of imidazole rings is 1. The lowest BCUT2D eigenvalue weighted by molar-refractivity contribution is 0.0676. The second kappa shape index (κ2) is 7.47. The first kappa shape index (κ1) is 17.6. The Morgan fingerprint density at radius 3 is 2.63 bits per heavy atom. The molecule has 1 aliphatic rings. The highest BCUT2D eigenvalue weighted by molar-refractivity contribution is 5.93. The maximum absolute atomic E-state index is 12.8. The van der Waals surface area contributed by atoms with Crippen molar-refractivity contribution in [1.29, 1.82) is 0 Å². The number of fused-ring (bicyclic) bond motifs is 1. The van der Waals surface area contributed by atoms with Crippen LogP contribution in [0.2, 0.25) is 0 Å². The lowest BCUT2D eigenvalue weighted by Gasteiger charge is -2.32. The summed E-state index contributed by atoms with van der Waals surface area (Å²) in [5, 5.41) is 0. The van der Waals surface area contributed by atoms with Crippen LogP contribution in [0.5, 0.6) is 0 Å². The summed E-state index contributed by atoms with van der Waals surface area (Å²) in [5.74, 6) is 2.12. The molecule has 3 aromatic rings. The number of hydrogen-bond acceptors (Lipinski definition) is 4. The molecule has 1 fully saturated rings. The predicted molar refractivity (Wildman–Crippen MR) is 104 cm³/mol. The van der Waals surface area contributed by atoms with Gasteiger partial charge in [-0.15, -0.1) is 0 Å². The summed E-state index contributed by atoms with van der Waals surface area (Å²) < 4.78 is 2.27. The number of nitrogens with zero attached hydrogens (tertiary/aromatic N) is 5. The average molecular weight is 363 g/mol. The molecule has 0 saturated carbocycles. The van der Waals surface area contributed by atoms with E-state index in [0.29, 0.717) is 17.5 Å². The minimum atomic E-state index is -0.0165. The highest BCUT2D eigenvalue weighted by atomic mass is 16.2. The highest BCUT2D eigenvalue weighted by Gasteiger charge is 2.25. The van der Waals surface area contributed by atoms with Crippen molar-refractivity contribution < 1.29 is 4.79 Å². The van der Waals surface area contributed by atoms with E-state index < -0.39 is 0 Å². The van der Waals surface area contributed by atoms with Gasteiger partial charge in [-0.3, -0.25) is 9.78 Å². The molecular formula is C21H25N5O. The van der Waals surface area contributed by atoms with Gasteiger partial charge in [0.05, 0.1) is 17.2 Å². The van der Waals surface area contributed by atoms with Crippen molar-refractivity contribution in [2.45, 2.75) is 39.2 Å². The lowest BCUT2D eigenvalue weighted by atomic mass is 9.96. The van der Waals surface area contributed by atoms with Crippen LogP contribution in [0.25, 0.3) is 11.0 Å². The van der Waals surface area contributed by atoms with Gasteiger partial charge in [0.1, 0.15) is 11.5 Å². The first-order chi connectivity index (χ1) is 13.1. The summed E-state index contributed by atoms with van der Waals surface area (Å²) in [6.07, 6.45) is 7.55. The van der Waals surface area contributed by atoms with Crippen LogP contribution >= 0.6 is 0 Å². The molecule has 140 valence electrons. The Labute approximate surface area is 159 Å². The van der Waals surface area contributed by atoms with E-state index in [1.165, 1.54) is 0 Å². The van der Waals surface area contributed by atoms with E-state index >= 15 is 0 Å². The van der Waals surface area contributed by atoms with Crippen LogP contribution in [0, 0.1) is 5.92 Å². The second-order valence-electron chi connectivity index (χ2n) is 7.57. The number of piperidine rings is 1. The number of hydrogen-bond donors (Lipinski definition) is 0. The largest absolute Gasteiger partial charge is 0.337 e. The Balaban J connectivity index is 1.39. The molecule has 1 saturated heterocycles. The van der Waals surface area contributed by atoms with Gasteiger partial charge in [-0.25, -0.2) is 9.97 Å². The van der Waals surface area contributed by atoms with E-state index in [1.54, 1.807) is 6.20 Å². The van der Waals surface area contributed by atoms with Crippen molar-refractivity contribution in [3.63, 3.8) is 0 Å². The molecule has 0 atom stereocenters.